The second-order valence-corrected chi connectivity index (χ2v) is 10.7. The molecule has 1 aliphatic rings. The lowest BCUT2D eigenvalue weighted by Crippen LogP contribution is -2.37. The molecule has 3 aromatic heterocycles. The zero-order chi connectivity index (χ0) is 27.7. The van der Waals surface area contributed by atoms with Crippen LogP contribution >= 0.6 is 0 Å². The lowest BCUT2D eigenvalue weighted by molar-refractivity contribution is 0.0576. The van der Waals surface area contributed by atoms with Crippen LogP contribution in [-0.4, -0.2) is 68.8 Å². The van der Waals surface area contributed by atoms with E-state index in [0.717, 1.165) is 28.8 Å². The summed E-state index contributed by atoms with van der Waals surface area (Å²) in [6.45, 7) is 7.22. The number of hydrogen-bond acceptors (Lipinski definition) is 8. The van der Waals surface area contributed by atoms with Crippen molar-refractivity contribution in [3.8, 4) is 17.0 Å². The lowest BCUT2D eigenvalue weighted by Gasteiger charge is -2.28. The quantitative estimate of drug-likeness (QED) is 0.343. The van der Waals surface area contributed by atoms with Crippen LogP contribution in [0.3, 0.4) is 0 Å². The highest BCUT2D eigenvalue weighted by Gasteiger charge is 2.30. The van der Waals surface area contributed by atoms with E-state index in [2.05, 4.69) is 20.2 Å². The highest BCUT2D eigenvalue weighted by molar-refractivity contribution is 6.04. The molecular weight excluding hydrogens is 501 g/mol. The summed E-state index contributed by atoms with van der Waals surface area (Å²) in [7, 11) is 4.01. The first-order valence-corrected chi connectivity index (χ1v) is 12.8. The molecule has 0 atom stereocenters. The third kappa shape index (κ3) is 5.53. The number of amides is 1. The summed E-state index contributed by atoms with van der Waals surface area (Å²) in [6.07, 6.45) is 6.55. The standard InChI is InChI=1S/C28H32FN7O3/c1-28(2,3)39-27(37)35(17-22-18-9-13-38-25(18)7-6-23(22)29)26-21-16-32-31-15-19(21)20(14-30-26)24-8-10-33-36(24)12-11-34(4)5/h6-8,10,14-16H,9,11-13,17H2,1-5H3. The smallest absolute Gasteiger partial charge is 0.416 e. The Bertz CT molecular complexity index is 1510. The molecule has 1 amide bonds. The lowest BCUT2D eigenvalue weighted by atomic mass is 10.0. The van der Waals surface area contributed by atoms with Crippen LogP contribution in [0.5, 0.6) is 5.75 Å². The van der Waals surface area contributed by atoms with Crippen molar-refractivity contribution in [3.05, 3.63) is 59.9 Å². The van der Waals surface area contributed by atoms with Crippen LogP contribution in [-0.2, 0) is 24.2 Å². The van der Waals surface area contributed by atoms with E-state index in [1.165, 1.54) is 11.0 Å². The highest BCUT2D eigenvalue weighted by atomic mass is 19.1. The van der Waals surface area contributed by atoms with E-state index in [1.807, 2.05) is 24.8 Å². The van der Waals surface area contributed by atoms with Gasteiger partial charge in [0.15, 0.2) is 0 Å². The van der Waals surface area contributed by atoms with E-state index in [9.17, 15) is 4.79 Å². The molecule has 4 heterocycles. The Balaban J connectivity index is 1.62. The Hall–Kier alpha value is -4.12. The van der Waals surface area contributed by atoms with Gasteiger partial charge in [-0.25, -0.2) is 14.2 Å². The second-order valence-electron chi connectivity index (χ2n) is 10.7. The Morgan fingerprint density at radius 2 is 1.90 bits per heavy atom. The fourth-order valence-corrected chi connectivity index (χ4v) is 4.62. The Labute approximate surface area is 226 Å². The van der Waals surface area contributed by atoms with Gasteiger partial charge in [-0.2, -0.15) is 15.3 Å². The first kappa shape index (κ1) is 26.5. The molecule has 0 unspecified atom stereocenters. The highest BCUT2D eigenvalue weighted by Crippen LogP contribution is 2.36. The van der Waals surface area contributed by atoms with Crippen molar-refractivity contribution < 1.29 is 18.7 Å². The van der Waals surface area contributed by atoms with E-state index in [0.29, 0.717) is 42.1 Å². The SMILES string of the molecule is CN(C)CCn1nccc1-c1cnc(N(Cc2c(F)ccc3c2CCO3)C(=O)OC(C)(C)C)c2cnncc12. The molecule has 4 aromatic rings. The van der Waals surface area contributed by atoms with Gasteiger partial charge < -0.3 is 14.4 Å². The Morgan fingerprint density at radius 3 is 2.64 bits per heavy atom. The number of ether oxygens (including phenoxy) is 2. The number of aromatic nitrogens is 5. The number of benzene rings is 1. The summed E-state index contributed by atoms with van der Waals surface area (Å²) in [5, 5.41) is 14.0. The van der Waals surface area contributed by atoms with Crippen molar-refractivity contribution in [2.24, 2.45) is 0 Å². The second kappa shape index (κ2) is 10.6. The van der Waals surface area contributed by atoms with Crippen LogP contribution in [0.1, 0.15) is 31.9 Å². The predicted molar refractivity (Wildman–Crippen MR) is 145 cm³/mol. The van der Waals surface area contributed by atoms with Crippen LogP contribution in [0.4, 0.5) is 15.0 Å². The molecule has 10 nitrogen and oxygen atoms in total. The molecule has 0 saturated heterocycles. The van der Waals surface area contributed by atoms with E-state index in [1.54, 1.807) is 51.6 Å². The number of carbonyl (C=O) groups excluding carboxylic acids is 1. The maximum Gasteiger partial charge on any atom is 0.416 e. The fourth-order valence-electron chi connectivity index (χ4n) is 4.62. The number of likely N-dealkylation sites (N-methyl/N-ethyl adjacent to an activating group) is 1. The van der Waals surface area contributed by atoms with Crippen LogP contribution in [0.25, 0.3) is 22.0 Å². The average Bonchev–Trinajstić information content (AvgIpc) is 3.55. The van der Waals surface area contributed by atoms with Crippen molar-refractivity contribution in [1.82, 2.24) is 29.9 Å². The molecule has 5 rings (SSSR count). The van der Waals surface area contributed by atoms with Gasteiger partial charge in [0.25, 0.3) is 0 Å². The van der Waals surface area contributed by atoms with E-state index in [-0.39, 0.29) is 6.54 Å². The van der Waals surface area contributed by atoms with Gasteiger partial charge in [0.1, 0.15) is 23.0 Å². The van der Waals surface area contributed by atoms with E-state index < -0.39 is 17.5 Å². The Morgan fingerprint density at radius 1 is 1.13 bits per heavy atom. The van der Waals surface area contributed by atoms with Crippen molar-refractivity contribution in [1.29, 1.82) is 0 Å². The minimum atomic E-state index is -0.774. The number of carbonyl (C=O) groups is 1. The number of halogens is 1. The third-order valence-electron chi connectivity index (χ3n) is 6.46. The number of nitrogens with zero attached hydrogens (tertiary/aromatic N) is 7. The molecule has 39 heavy (non-hydrogen) atoms. The summed E-state index contributed by atoms with van der Waals surface area (Å²) in [4.78, 5) is 21.8. The summed E-state index contributed by atoms with van der Waals surface area (Å²) in [5.41, 5.74) is 2.00. The Kier molecular flexibility index (Phi) is 7.17. The minimum absolute atomic E-state index is 0.0855. The fraction of sp³-hybridized carbons (Fsp3) is 0.393. The molecular formula is C28H32FN7O3. The molecule has 0 spiro atoms. The number of rotatable bonds is 7. The van der Waals surface area contributed by atoms with E-state index in [4.69, 9.17) is 14.5 Å². The van der Waals surface area contributed by atoms with Gasteiger partial charge in [0.05, 0.1) is 37.8 Å². The first-order valence-electron chi connectivity index (χ1n) is 12.8. The van der Waals surface area contributed by atoms with Gasteiger partial charge in [0, 0.05) is 52.8 Å². The molecule has 11 heteroatoms. The molecule has 1 aromatic carbocycles. The van der Waals surface area contributed by atoms with Gasteiger partial charge in [-0.1, -0.05) is 0 Å². The average molecular weight is 534 g/mol. The maximum absolute atomic E-state index is 15.2. The summed E-state index contributed by atoms with van der Waals surface area (Å²) in [6, 6.07) is 4.90. The largest absolute Gasteiger partial charge is 0.493 e. The predicted octanol–water partition coefficient (Wildman–Crippen LogP) is 4.47. The van der Waals surface area contributed by atoms with Gasteiger partial charge in [0.2, 0.25) is 0 Å². The summed E-state index contributed by atoms with van der Waals surface area (Å²) < 4.78 is 28.5. The third-order valence-corrected chi connectivity index (χ3v) is 6.46. The molecule has 0 saturated carbocycles. The van der Waals surface area contributed by atoms with Crippen molar-refractivity contribution >= 4 is 22.7 Å². The molecule has 1 aliphatic heterocycles. The monoisotopic (exact) mass is 533 g/mol. The zero-order valence-corrected chi connectivity index (χ0v) is 22.8. The van der Waals surface area contributed by atoms with E-state index >= 15 is 4.39 Å². The number of fused-ring (bicyclic) bond motifs is 2. The molecule has 0 fully saturated rings. The summed E-state index contributed by atoms with van der Waals surface area (Å²) >= 11 is 0. The molecule has 0 N–H and O–H groups in total. The van der Waals surface area contributed by atoms with Crippen LogP contribution in [0, 0.1) is 5.82 Å². The molecule has 204 valence electrons. The van der Waals surface area contributed by atoms with Crippen LogP contribution in [0.2, 0.25) is 0 Å². The number of anilines is 1. The van der Waals surface area contributed by atoms with Gasteiger partial charge >= 0.3 is 6.09 Å². The van der Waals surface area contributed by atoms with Gasteiger partial charge in [-0.05, 0) is 53.1 Å². The van der Waals surface area contributed by atoms with Crippen molar-refractivity contribution in [2.75, 3.05) is 32.1 Å². The zero-order valence-electron chi connectivity index (χ0n) is 22.8. The number of hydrogen-bond donors (Lipinski definition) is 0. The molecule has 0 bridgehead atoms. The maximum atomic E-state index is 15.2. The number of pyridine rings is 1. The van der Waals surface area contributed by atoms with Crippen LogP contribution < -0.4 is 9.64 Å². The minimum Gasteiger partial charge on any atom is -0.493 e. The molecule has 0 aliphatic carbocycles. The van der Waals surface area contributed by atoms with Gasteiger partial charge in [-0.3, -0.25) is 9.58 Å². The van der Waals surface area contributed by atoms with Crippen molar-refractivity contribution in [3.63, 3.8) is 0 Å². The van der Waals surface area contributed by atoms with Gasteiger partial charge in [-0.15, -0.1) is 0 Å². The summed E-state index contributed by atoms with van der Waals surface area (Å²) in [5.74, 6) is 0.507. The first-order chi connectivity index (χ1) is 18.6. The topological polar surface area (TPSA) is 98.5 Å². The normalized spacial score (nSPS) is 13.0. The van der Waals surface area contributed by atoms with Crippen molar-refractivity contribution in [2.45, 2.75) is 45.9 Å². The van der Waals surface area contributed by atoms with Crippen LogP contribution in [0.15, 0.2) is 43.0 Å². The molecule has 0 radical (unpaired) electrons.